The van der Waals surface area contributed by atoms with Crippen molar-refractivity contribution in [2.45, 2.75) is 25.8 Å². The first-order valence-electron chi connectivity index (χ1n) is 7.58. The van der Waals surface area contributed by atoms with Gasteiger partial charge in [-0.25, -0.2) is 9.82 Å². The molecule has 7 nitrogen and oxygen atoms in total. The molecular formula is C16H19N3O4S. The van der Waals surface area contributed by atoms with Gasteiger partial charge in [0, 0.05) is 0 Å². The van der Waals surface area contributed by atoms with Crippen molar-refractivity contribution in [1.29, 1.82) is 0 Å². The van der Waals surface area contributed by atoms with E-state index in [1.807, 2.05) is 37.3 Å². The van der Waals surface area contributed by atoms with Crippen molar-refractivity contribution in [1.82, 2.24) is 15.7 Å². The van der Waals surface area contributed by atoms with Crippen molar-refractivity contribution < 1.29 is 20.0 Å². The highest BCUT2D eigenvalue weighted by Gasteiger charge is 2.51. The van der Waals surface area contributed by atoms with Gasteiger partial charge in [0.05, 0.1) is 39.5 Å². The van der Waals surface area contributed by atoms with E-state index in [2.05, 4.69) is 15.1 Å². The van der Waals surface area contributed by atoms with Gasteiger partial charge in [0.1, 0.15) is 0 Å². The van der Waals surface area contributed by atoms with Crippen molar-refractivity contribution in [2.75, 3.05) is 6.61 Å². The van der Waals surface area contributed by atoms with Gasteiger partial charge in [-0.15, -0.1) is 11.3 Å². The minimum atomic E-state index is -0.713. The van der Waals surface area contributed by atoms with Crippen LogP contribution in [0.2, 0.25) is 0 Å². The summed E-state index contributed by atoms with van der Waals surface area (Å²) in [5.74, 6) is -0.161. The van der Waals surface area contributed by atoms with Gasteiger partial charge in [0.15, 0.2) is 0 Å². The molecule has 0 bridgehead atoms. The quantitative estimate of drug-likeness (QED) is 0.665. The predicted molar refractivity (Wildman–Crippen MR) is 86.3 cm³/mol. The molecule has 8 heteroatoms. The van der Waals surface area contributed by atoms with E-state index in [1.165, 1.54) is 11.3 Å². The summed E-state index contributed by atoms with van der Waals surface area (Å²) in [6.45, 7) is 1.84. The molecule has 0 saturated heterocycles. The third kappa shape index (κ3) is 3.63. The van der Waals surface area contributed by atoms with Crippen LogP contribution in [0.3, 0.4) is 0 Å². The largest absolute Gasteiger partial charge is 0.344 e. The summed E-state index contributed by atoms with van der Waals surface area (Å²) in [5.41, 5.74) is 2.90. The number of amides is 1. The van der Waals surface area contributed by atoms with E-state index < -0.39 is 5.41 Å². The third-order valence-electron chi connectivity index (χ3n) is 4.24. The van der Waals surface area contributed by atoms with Crippen LogP contribution in [0.25, 0.3) is 0 Å². The summed E-state index contributed by atoms with van der Waals surface area (Å²) in [6, 6.07) is 9.41. The Labute approximate surface area is 143 Å². The lowest BCUT2D eigenvalue weighted by Crippen LogP contribution is -2.38. The molecule has 1 aliphatic rings. The summed E-state index contributed by atoms with van der Waals surface area (Å²) in [4.78, 5) is 22.7. The zero-order valence-corrected chi connectivity index (χ0v) is 14.0. The fourth-order valence-electron chi connectivity index (χ4n) is 2.59. The zero-order chi connectivity index (χ0) is 17.2. The van der Waals surface area contributed by atoms with Crippen LogP contribution in [0.4, 0.5) is 0 Å². The van der Waals surface area contributed by atoms with Crippen molar-refractivity contribution in [2.24, 2.45) is 5.41 Å². The summed E-state index contributed by atoms with van der Waals surface area (Å²) < 4.78 is 0. The Balaban J connectivity index is 1.80. The minimum Gasteiger partial charge on any atom is -0.344 e. The van der Waals surface area contributed by atoms with Gasteiger partial charge < -0.3 is 5.32 Å². The maximum absolute atomic E-state index is 12.7. The standard InChI is InChI=1S/C16H19N3O4S/c1-11-14(24-10-17-11)13(12-5-3-2-4-6-12)18-15(20)16(7-8-16)9-23-19(21)22/h2-6,10,13,21-22H,7-9H2,1H3,(H,18,20). The molecule has 0 aliphatic heterocycles. The van der Waals surface area contributed by atoms with Crippen LogP contribution >= 0.6 is 11.3 Å². The Hall–Kier alpha value is -1.84. The molecule has 0 radical (unpaired) electrons. The second kappa shape index (κ2) is 6.96. The van der Waals surface area contributed by atoms with Gasteiger partial charge in [0.25, 0.3) is 0 Å². The molecule has 3 N–H and O–H groups in total. The Bertz CT molecular complexity index is 700. The van der Waals surface area contributed by atoms with E-state index in [9.17, 15) is 4.79 Å². The second-order valence-corrected chi connectivity index (χ2v) is 6.81. The van der Waals surface area contributed by atoms with Crippen molar-refractivity contribution in [3.63, 3.8) is 0 Å². The maximum atomic E-state index is 12.7. The molecule has 1 unspecified atom stereocenters. The molecular weight excluding hydrogens is 330 g/mol. The van der Waals surface area contributed by atoms with Gasteiger partial charge in [-0.3, -0.25) is 15.2 Å². The van der Waals surface area contributed by atoms with Crippen molar-refractivity contribution in [3.05, 3.63) is 52.0 Å². The first kappa shape index (κ1) is 17.0. The molecule has 1 saturated carbocycles. The second-order valence-electron chi connectivity index (χ2n) is 5.93. The molecule has 1 fully saturated rings. The molecule has 1 aliphatic carbocycles. The number of aryl methyl sites for hydroxylation is 1. The number of nitrogens with zero attached hydrogens (tertiary/aromatic N) is 2. The van der Waals surface area contributed by atoms with Crippen molar-refractivity contribution in [3.8, 4) is 0 Å². The monoisotopic (exact) mass is 349 g/mol. The third-order valence-corrected chi connectivity index (χ3v) is 5.24. The Morgan fingerprint density at radius 2 is 2.12 bits per heavy atom. The highest BCUT2D eigenvalue weighted by atomic mass is 32.1. The van der Waals surface area contributed by atoms with E-state index in [-0.39, 0.29) is 23.9 Å². The molecule has 1 amide bonds. The fraction of sp³-hybridized carbons (Fsp3) is 0.375. The number of hydrogen-bond acceptors (Lipinski definition) is 7. The molecule has 128 valence electrons. The number of carbonyl (C=O) groups is 1. The molecule has 3 rings (SSSR count). The summed E-state index contributed by atoms with van der Waals surface area (Å²) in [5, 5.41) is 20.1. The van der Waals surface area contributed by atoms with Gasteiger partial charge in [-0.05, 0) is 25.3 Å². The van der Waals surface area contributed by atoms with Crippen LogP contribution in [-0.2, 0) is 9.63 Å². The normalized spacial score (nSPS) is 16.8. The number of nitrogens with one attached hydrogen (secondary N) is 1. The maximum Gasteiger partial charge on any atom is 0.229 e. The number of aromatic nitrogens is 1. The molecule has 1 heterocycles. The highest BCUT2D eigenvalue weighted by Crippen LogP contribution is 2.47. The van der Waals surface area contributed by atoms with Crippen LogP contribution in [0.15, 0.2) is 35.8 Å². The van der Waals surface area contributed by atoms with E-state index >= 15 is 0 Å². The Morgan fingerprint density at radius 1 is 1.42 bits per heavy atom. The minimum absolute atomic E-state index is 0.0744. The molecule has 1 atom stereocenters. The summed E-state index contributed by atoms with van der Waals surface area (Å²) in [6.07, 6.45) is 1.30. The first-order chi connectivity index (χ1) is 11.5. The van der Waals surface area contributed by atoms with Crippen molar-refractivity contribution >= 4 is 17.2 Å². The molecule has 2 aromatic rings. The van der Waals surface area contributed by atoms with E-state index in [1.54, 1.807) is 5.51 Å². The molecule has 24 heavy (non-hydrogen) atoms. The Morgan fingerprint density at radius 3 is 2.67 bits per heavy atom. The average molecular weight is 349 g/mol. The zero-order valence-electron chi connectivity index (χ0n) is 13.2. The van der Waals surface area contributed by atoms with Crippen LogP contribution in [0, 0.1) is 12.3 Å². The SMILES string of the molecule is Cc1ncsc1C(NC(=O)C1(CON(O)O)CC1)c1ccccc1. The topological polar surface area (TPSA) is 94.9 Å². The first-order valence-corrected chi connectivity index (χ1v) is 8.46. The Kier molecular flexibility index (Phi) is 4.93. The highest BCUT2D eigenvalue weighted by molar-refractivity contribution is 7.09. The predicted octanol–water partition coefficient (Wildman–Crippen LogP) is 2.45. The van der Waals surface area contributed by atoms with Crippen LogP contribution in [-0.4, -0.2) is 33.3 Å². The lowest BCUT2D eigenvalue weighted by molar-refractivity contribution is -0.494. The lowest BCUT2D eigenvalue weighted by atomic mass is 10.0. The molecule has 1 aromatic heterocycles. The van der Waals surface area contributed by atoms with Crippen LogP contribution < -0.4 is 5.32 Å². The average Bonchev–Trinajstić information content (AvgIpc) is 3.27. The number of hydrogen-bond donors (Lipinski definition) is 3. The number of rotatable bonds is 7. The van der Waals surface area contributed by atoms with E-state index in [0.29, 0.717) is 12.8 Å². The number of carbonyl (C=O) groups excluding carboxylic acids is 1. The number of thiazole rings is 1. The van der Waals surface area contributed by atoms with Gasteiger partial charge in [-0.1, -0.05) is 30.3 Å². The smallest absolute Gasteiger partial charge is 0.229 e. The van der Waals surface area contributed by atoms with E-state index in [0.717, 1.165) is 16.1 Å². The number of benzene rings is 1. The van der Waals surface area contributed by atoms with Gasteiger partial charge in [-0.2, -0.15) is 0 Å². The fourth-order valence-corrected chi connectivity index (χ4v) is 3.47. The lowest BCUT2D eigenvalue weighted by Gasteiger charge is -2.22. The molecule has 0 spiro atoms. The van der Waals surface area contributed by atoms with Gasteiger partial charge >= 0.3 is 0 Å². The molecule has 1 aromatic carbocycles. The summed E-state index contributed by atoms with van der Waals surface area (Å²) in [7, 11) is 0. The van der Waals surface area contributed by atoms with Crippen LogP contribution in [0.1, 0.15) is 35.0 Å². The van der Waals surface area contributed by atoms with Crippen LogP contribution in [0.5, 0.6) is 0 Å². The summed E-state index contributed by atoms with van der Waals surface area (Å²) >= 11 is 1.50. The van der Waals surface area contributed by atoms with Gasteiger partial charge in [0.2, 0.25) is 5.91 Å². The van der Waals surface area contributed by atoms with E-state index in [4.69, 9.17) is 10.4 Å².